The van der Waals surface area contributed by atoms with Crippen molar-refractivity contribution < 1.29 is 9.53 Å². The van der Waals surface area contributed by atoms with Gasteiger partial charge in [0.05, 0.1) is 20.2 Å². The van der Waals surface area contributed by atoms with Crippen molar-refractivity contribution in [1.82, 2.24) is 20.0 Å². The first-order chi connectivity index (χ1) is 13.4. The molecule has 1 aliphatic rings. The summed E-state index contributed by atoms with van der Waals surface area (Å²) in [5.41, 5.74) is 1.11. The molecule has 0 saturated carbocycles. The monoisotopic (exact) mass is 517 g/mol. The van der Waals surface area contributed by atoms with Crippen molar-refractivity contribution in [2.24, 2.45) is 10.9 Å². The molecular formula is C21H36IN5O2. The fourth-order valence-corrected chi connectivity index (χ4v) is 3.14. The van der Waals surface area contributed by atoms with E-state index >= 15 is 0 Å². The van der Waals surface area contributed by atoms with Crippen LogP contribution in [-0.4, -0.2) is 87.0 Å². The Morgan fingerprint density at radius 2 is 1.79 bits per heavy atom. The first-order valence-electron chi connectivity index (χ1n) is 9.97. The number of carbonyl (C=O) groups excluding carboxylic acids is 1. The second-order valence-corrected chi connectivity index (χ2v) is 7.81. The Hall–Kier alpha value is -1.55. The standard InChI is InChI=1S/C21H35N5O2.HI/c1-17(2)16-25-10-12-26(13-11-25)21(23-15-20(27)24(3)4)22-14-18-6-8-19(28-5)9-7-18;/h6-9,17H,10-16H2,1-5H3,(H,22,23);1H. The summed E-state index contributed by atoms with van der Waals surface area (Å²) in [5.74, 6) is 2.35. The number of hydrogen-bond acceptors (Lipinski definition) is 4. The van der Waals surface area contributed by atoms with Crippen molar-refractivity contribution in [2.45, 2.75) is 20.4 Å². The number of hydrogen-bond donors (Lipinski definition) is 1. The number of amides is 1. The van der Waals surface area contributed by atoms with Crippen LogP contribution in [0.15, 0.2) is 29.3 Å². The van der Waals surface area contributed by atoms with Crippen molar-refractivity contribution in [3.8, 4) is 5.75 Å². The maximum Gasteiger partial charge on any atom is 0.241 e. The highest BCUT2D eigenvalue weighted by molar-refractivity contribution is 14.0. The number of methoxy groups -OCH3 is 1. The Bertz CT molecular complexity index is 641. The Morgan fingerprint density at radius 1 is 1.17 bits per heavy atom. The van der Waals surface area contributed by atoms with Gasteiger partial charge in [0.25, 0.3) is 0 Å². The molecule has 0 atom stereocenters. The number of guanidine groups is 1. The van der Waals surface area contributed by atoms with Gasteiger partial charge in [-0.15, -0.1) is 24.0 Å². The van der Waals surface area contributed by atoms with E-state index in [2.05, 4.69) is 29.0 Å². The molecule has 164 valence electrons. The van der Waals surface area contributed by atoms with Crippen LogP contribution >= 0.6 is 24.0 Å². The first-order valence-corrected chi connectivity index (χ1v) is 9.97. The Morgan fingerprint density at radius 3 is 2.31 bits per heavy atom. The number of nitrogens with zero attached hydrogens (tertiary/aromatic N) is 4. The largest absolute Gasteiger partial charge is 0.497 e. The van der Waals surface area contributed by atoms with Crippen molar-refractivity contribution in [3.05, 3.63) is 29.8 Å². The number of carbonyl (C=O) groups is 1. The molecule has 1 aromatic rings. The SMILES string of the molecule is COc1ccc(CN=C(NCC(=O)N(C)C)N2CCN(CC(C)C)CC2)cc1.I. The second-order valence-electron chi connectivity index (χ2n) is 7.81. The third-order valence-corrected chi connectivity index (χ3v) is 4.76. The van der Waals surface area contributed by atoms with E-state index in [4.69, 9.17) is 9.73 Å². The van der Waals surface area contributed by atoms with Crippen LogP contribution in [0.4, 0.5) is 0 Å². The molecular weight excluding hydrogens is 481 g/mol. The van der Waals surface area contributed by atoms with E-state index in [0.29, 0.717) is 12.5 Å². The van der Waals surface area contributed by atoms with Gasteiger partial charge in [-0.05, 0) is 23.6 Å². The Balaban J connectivity index is 0.00000420. The summed E-state index contributed by atoms with van der Waals surface area (Å²) in [6.45, 7) is 10.3. The zero-order chi connectivity index (χ0) is 20.5. The van der Waals surface area contributed by atoms with Gasteiger partial charge in [0.1, 0.15) is 5.75 Å². The third kappa shape index (κ3) is 8.77. The van der Waals surface area contributed by atoms with E-state index in [-0.39, 0.29) is 36.4 Å². The number of rotatable bonds is 7. The average Bonchev–Trinajstić information content (AvgIpc) is 2.68. The Kier molecular flexibility index (Phi) is 11.3. The molecule has 0 spiro atoms. The predicted octanol–water partition coefficient (Wildman–Crippen LogP) is 2.12. The molecule has 1 N–H and O–H groups in total. The zero-order valence-corrected chi connectivity index (χ0v) is 20.7. The highest BCUT2D eigenvalue weighted by Crippen LogP contribution is 2.12. The summed E-state index contributed by atoms with van der Waals surface area (Å²) >= 11 is 0. The minimum atomic E-state index is 0. The number of likely N-dealkylation sites (N-methyl/N-ethyl adjacent to an activating group) is 1. The normalized spacial score (nSPS) is 15.1. The molecule has 0 aliphatic carbocycles. The molecule has 0 radical (unpaired) electrons. The highest BCUT2D eigenvalue weighted by atomic mass is 127. The van der Waals surface area contributed by atoms with Crippen LogP contribution in [0.5, 0.6) is 5.75 Å². The van der Waals surface area contributed by atoms with E-state index in [0.717, 1.165) is 50.0 Å². The minimum absolute atomic E-state index is 0. The van der Waals surface area contributed by atoms with Crippen LogP contribution in [0, 0.1) is 5.92 Å². The maximum absolute atomic E-state index is 12.0. The molecule has 1 fully saturated rings. The van der Waals surface area contributed by atoms with Gasteiger partial charge in [-0.25, -0.2) is 4.99 Å². The molecule has 1 saturated heterocycles. The molecule has 1 amide bonds. The number of benzene rings is 1. The third-order valence-electron chi connectivity index (χ3n) is 4.76. The lowest BCUT2D eigenvalue weighted by molar-refractivity contribution is -0.127. The summed E-state index contributed by atoms with van der Waals surface area (Å²) in [6.07, 6.45) is 0. The predicted molar refractivity (Wildman–Crippen MR) is 129 cm³/mol. The first kappa shape index (κ1) is 25.5. The minimum Gasteiger partial charge on any atom is -0.497 e. The van der Waals surface area contributed by atoms with Gasteiger partial charge < -0.3 is 19.9 Å². The fourth-order valence-electron chi connectivity index (χ4n) is 3.14. The summed E-state index contributed by atoms with van der Waals surface area (Å²) in [6, 6.07) is 7.92. The van der Waals surface area contributed by atoms with Crippen molar-refractivity contribution in [1.29, 1.82) is 0 Å². The van der Waals surface area contributed by atoms with Crippen LogP contribution in [0.2, 0.25) is 0 Å². The average molecular weight is 517 g/mol. The van der Waals surface area contributed by atoms with Gasteiger partial charge in [0, 0.05) is 46.8 Å². The number of ether oxygens (including phenoxy) is 1. The van der Waals surface area contributed by atoms with E-state index < -0.39 is 0 Å². The smallest absolute Gasteiger partial charge is 0.241 e. The maximum atomic E-state index is 12.0. The molecule has 1 aliphatic heterocycles. The molecule has 0 bridgehead atoms. The summed E-state index contributed by atoms with van der Waals surface area (Å²) < 4.78 is 5.21. The number of nitrogens with one attached hydrogen (secondary N) is 1. The quantitative estimate of drug-likeness (QED) is 0.341. The molecule has 8 heteroatoms. The van der Waals surface area contributed by atoms with Gasteiger partial charge in [-0.3, -0.25) is 9.69 Å². The van der Waals surface area contributed by atoms with Gasteiger partial charge in [0.2, 0.25) is 5.91 Å². The van der Waals surface area contributed by atoms with E-state index in [9.17, 15) is 4.79 Å². The molecule has 2 rings (SSSR count). The number of halogens is 1. The zero-order valence-electron chi connectivity index (χ0n) is 18.4. The molecule has 0 aromatic heterocycles. The van der Waals surface area contributed by atoms with Gasteiger partial charge in [0.15, 0.2) is 5.96 Å². The molecule has 1 heterocycles. The number of piperazine rings is 1. The van der Waals surface area contributed by atoms with Crippen LogP contribution < -0.4 is 10.1 Å². The van der Waals surface area contributed by atoms with E-state index in [1.807, 2.05) is 24.3 Å². The lowest BCUT2D eigenvalue weighted by Gasteiger charge is -2.37. The van der Waals surface area contributed by atoms with Crippen molar-refractivity contribution in [2.75, 3.05) is 60.5 Å². The summed E-state index contributed by atoms with van der Waals surface area (Å²) in [4.78, 5) is 23.1. The van der Waals surface area contributed by atoms with Gasteiger partial charge >= 0.3 is 0 Å². The second kappa shape index (κ2) is 12.9. The van der Waals surface area contributed by atoms with Gasteiger partial charge in [-0.2, -0.15) is 0 Å². The van der Waals surface area contributed by atoms with Crippen LogP contribution in [0.3, 0.4) is 0 Å². The van der Waals surface area contributed by atoms with Gasteiger partial charge in [-0.1, -0.05) is 26.0 Å². The molecule has 0 unspecified atom stereocenters. The van der Waals surface area contributed by atoms with E-state index in [1.165, 1.54) is 0 Å². The van der Waals surface area contributed by atoms with Crippen molar-refractivity contribution in [3.63, 3.8) is 0 Å². The molecule has 29 heavy (non-hydrogen) atoms. The van der Waals surface area contributed by atoms with Crippen molar-refractivity contribution >= 4 is 35.8 Å². The highest BCUT2D eigenvalue weighted by Gasteiger charge is 2.20. The molecule has 1 aromatic carbocycles. The number of aliphatic imine (C=N–C) groups is 1. The lowest BCUT2D eigenvalue weighted by atomic mass is 10.2. The fraction of sp³-hybridized carbons (Fsp3) is 0.619. The topological polar surface area (TPSA) is 60.4 Å². The van der Waals surface area contributed by atoms with Crippen LogP contribution in [0.1, 0.15) is 19.4 Å². The summed E-state index contributed by atoms with van der Waals surface area (Å²) in [5, 5.41) is 3.26. The summed E-state index contributed by atoms with van der Waals surface area (Å²) in [7, 11) is 5.20. The van der Waals surface area contributed by atoms with Crippen LogP contribution in [0.25, 0.3) is 0 Å². The Labute approximate surface area is 192 Å². The van der Waals surface area contributed by atoms with Crippen LogP contribution in [-0.2, 0) is 11.3 Å². The lowest BCUT2D eigenvalue weighted by Crippen LogP contribution is -2.54. The van der Waals surface area contributed by atoms with E-state index in [1.54, 1.807) is 26.1 Å². The molecule has 7 nitrogen and oxygen atoms in total.